The number of fused-ring (bicyclic) bond motifs is 2. The van der Waals surface area contributed by atoms with Gasteiger partial charge in [-0.1, -0.05) is 23.7 Å². The lowest BCUT2D eigenvalue weighted by atomic mass is 10.2. The van der Waals surface area contributed by atoms with Crippen molar-refractivity contribution in [1.29, 1.82) is 0 Å². The molecule has 0 aliphatic rings. The van der Waals surface area contributed by atoms with Crippen LogP contribution in [0.15, 0.2) is 30.3 Å². The lowest BCUT2D eigenvalue weighted by molar-refractivity contribution is 0.419. The third-order valence-corrected chi connectivity index (χ3v) is 3.14. The van der Waals surface area contributed by atoms with E-state index in [1.165, 1.54) is 0 Å². The SMILES string of the molecule is COc1cc(Cl)cc2nc3c(C)cccc3nc12. The summed E-state index contributed by atoms with van der Waals surface area (Å²) >= 11 is 6.05. The molecule has 4 heteroatoms. The molecule has 0 unspecified atom stereocenters. The number of hydrogen-bond acceptors (Lipinski definition) is 3. The molecule has 0 saturated carbocycles. The molecule has 1 aromatic heterocycles. The zero-order chi connectivity index (χ0) is 12.7. The maximum absolute atomic E-state index is 6.05. The number of benzene rings is 2. The van der Waals surface area contributed by atoms with Crippen molar-refractivity contribution in [2.24, 2.45) is 0 Å². The highest BCUT2D eigenvalue weighted by molar-refractivity contribution is 6.31. The van der Waals surface area contributed by atoms with E-state index in [1.54, 1.807) is 19.2 Å². The molecule has 0 aliphatic carbocycles. The van der Waals surface area contributed by atoms with E-state index in [0.29, 0.717) is 10.8 Å². The molecule has 0 atom stereocenters. The summed E-state index contributed by atoms with van der Waals surface area (Å²) in [7, 11) is 1.60. The van der Waals surface area contributed by atoms with Gasteiger partial charge in [0.1, 0.15) is 11.3 Å². The fourth-order valence-electron chi connectivity index (χ4n) is 2.03. The van der Waals surface area contributed by atoms with Gasteiger partial charge in [-0.3, -0.25) is 0 Å². The first-order valence-electron chi connectivity index (χ1n) is 5.59. The zero-order valence-electron chi connectivity index (χ0n) is 10.1. The molecule has 0 fully saturated rings. The second-order valence-corrected chi connectivity index (χ2v) is 4.58. The number of para-hydroxylation sites is 1. The van der Waals surface area contributed by atoms with E-state index in [9.17, 15) is 0 Å². The van der Waals surface area contributed by atoms with Gasteiger partial charge in [0, 0.05) is 11.1 Å². The van der Waals surface area contributed by atoms with Crippen LogP contribution in [0.4, 0.5) is 0 Å². The van der Waals surface area contributed by atoms with E-state index in [-0.39, 0.29) is 0 Å². The highest BCUT2D eigenvalue weighted by atomic mass is 35.5. The fraction of sp³-hybridized carbons (Fsp3) is 0.143. The Morgan fingerprint density at radius 2 is 1.83 bits per heavy atom. The molecule has 0 saturated heterocycles. The van der Waals surface area contributed by atoms with Crippen molar-refractivity contribution in [3.05, 3.63) is 40.9 Å². The van der Waals surface area contributed by atoms with Crippen molar-refractivity contribution in [2.75, 3.05) is 7.11 Å². The van der Waals surface area contributed by atoms with Crippen molar-refractivity contribution in [3.63, 3.8) is 0 Å². The molecule has 0 spiro atoms. The first-order chi connectivity index (χ1) is 8.69. The highest BCUT2D eigenvalue weighted by Gasteiger charge is 2.09. The molecule has 0 aliphatic heterocycles. The number of hydrogen-bond donors (Lipinski definition) is 0. The van der Waals surface area contributed by atoms with Gasteiger partial charge in [-0.2, -0.15) is 0 Å². The topological polar surface area (TPSA) is 35.0 Å². The molecule has 3 nitrogen and oxygen atoms in total. The van der Waals surface area contributed by atoms with Crippen LogP contribution >= 0.6 is 11.6 Å². The zero-order valence-corrected chi connectivity index (χ0v) is 10.8. The Kier molecular flexibility index (Phi) is 2.56. The van der Waals surface area contributed by atoms with Gasteiger partial charge in [0.25, 0.3) is 0 Å². The van der Waals surface area contributed by atoms with Crippen LogP contribution < -0.4 is 4.74 Å². The molecular weight excluding hydrogens is 248 g/mol. The van der Waals surface area contributed by atoms with E-state index < -0.39 is 0 Å². The predicted molar refractivity (Wildman–Crippen MR) is 73.3 cm³/mol. The average Bonchev–Trinajstić information content (AvgIpc) is 2.36. The summed E-state index contributed by atoms with van der Waals surface area (Å²) in [5, 5.41) is 0.599. The molecule has 1 heterocycles. The summed E-state index contributed by atoms with van der Waals surface area (Å²) in [6.07, 6.45) is 0. The number of nitrogens with zero attached hydrogens (tertiary/aromatic N) is 2. The second-order valence-electron chi connectivity index (χ2n) is 4.14. The molecule has 90 valence electrons. The minimum absolute atomic E-state index is 0.599. The van der Waals surface area contributed by atoms with Crippen LogP contribution in [0.1, 0.15) is 5.56 Å². The summed E-state index contributed by atoms with van der Waals surface area (Å²) < 4.78 is 5.30. The maximum atomic E-state index is 6.05. The summed E-state index contributed by atoms with van der Waals surface area (Å²) in [5.41, 5.74) is 4.35. The fourth-order valence-corrected chi connectivity index (χ4v) is 2.24. The van der Waals surface area contributed by atoms with E-state index in [2.05, 4.69) is 9.97 Å². The number of methoxy groups -OCH3 is 1. The number of rotatable bonds is 1. The first kappa shape index (κ1) is 11.2. The van der Waals surface area contributed by atoms with Crippen LogP contribution in [-0.4, -0.2) is 17.1 Å². The lowest BCUT2D eigenvalue weighted by Crippen LogP contribution is -1.93. The van der Waals surface area contributed by atoms with Crippen molar-refractivity contribution in [3.8, 4) is 5.75 Å². The van der Waals surface area contributed by atoms with Crippen molar-refractivity contribution >= 4 is 33.7 Å². The molecular formula is C14H11ClN2O. The first-order valence-corrected chi connectivity index (χ1v) is 5.97. The van der Waals surface area contributed by atoms with Gasteiger partial charge in [-0.25, -0.2) is 9.97 Å². The third kappa shape index (κ3) is 1.68. The third-order valence-electron chi connectivity index (χ3n) is 2.92. The van der Waals surface area contributed by atoms with Gasteiger partial charge in [0.2, 0.25) is 0 Å². The smallest absolute Gasteiger partial charge is 0.148 e. The Bertz CT molecular complexity index is 755. The second kappa shape index (κ2) is 4.10. The van der Waals surface area contributed by atoms with Crippen LogP contribution in [0.2, 0.25) is 5.02 Å². The molecule has 0 N–H and O–H groups in total. The minimum atomic E-state index is 0.599. The predicted octanol–water partition coefficient (Wildman–Crippen LogP) is 3.75. The van der Waals surface area contributed by atoms with Crippen LogP contribution in [0.25, 0.3) is 22.1 Å². The van der Waals surface area contributed by atoms with Crippen LogP contribution in [0, 0.1) is 6.92 Å². The van der Waals surface area contributed by atoms with E-state index in [4.69, 9.17) is 16.3 Å². The maximum Gasteiger partial charge on any atom is 0.148 e. The van der Waals surface area contributed by atoms with Crippen LogP contribution in [0.3, 0.4) is 0 Å². The quantitative estimate of drug-likeness (QED) is 0.624. The van der Waals surface area contributed by atoms with Gasteiger partial charge >= 0.3 is 0 Å². The normalized spacial score (nSPS) is 11.1. The van der Waals surface area contributed by atoms with Crippen molar-refractivity contribution in [2.45, 2.75) is 6.92 Å². The number of aryl methyl sites for hydroxylation is 1. The number of aromatic nitrogens is 2. The lowest BCUT2D eigenvalue weighted by Gasteiger charge is -2.07. The van der Waals surface area contributed by atoms with Gasteiger partial charge in [-0.15, -0.1) is 0 Å². The van der Waals surface area contributed by atoms with E-state index in [0.717, 1.165) is 27.6 Å². The van der Waals surface area contributed by atoms with Gasteiger partial charge in [0.15, 0.2) is 0 Å². The number of halogens is 1. The van der Waals surface area contributed by atoms with E-state index in [1.807, 2.05) is 25.1 Å². The standard InChI is InChI=1S/C14H11ClN2O/c1-8-4-3-5-10-13(8)17-11-6-9(15)7-12(18-2)14(11)16-10/h3-7H,1-2H3. The van der Waals surface area contributed by atoms with E-state index >= 15 is 0 Å². The largest absolute Gasteiger partial charge is 0.494 e. The molecule has 3 aromatic rings. The summed E-state index contributed by atoms with van der Waals surface area (Å²) in [4.78, 5) is 9.22. The molecule has 2 aromatic carbocycles. The Labute approximate surface area is 109 Å². The Hall–Kier alpha value is -1.87. The molecule has 3 rings (SSSR count). The molecule has 0 bridgehead atoms. The van der Waals surface area contributed by atoms with Crippen LogP contribution in [0.5, 0.6) is 5.75 Å². The van der Waals surface area contributed by atoms with Gasteiger partial charge in [-0.05, 0) is 24.6 Å². The minimum Gasteiger partial charge on any atom is -0.494 e. The number of ether oxygens (including phenoxy) is 1. The Morgan fingerprint density at radius 1 is 1.06 bits per heavy atom. The molecule has 18 heavy (non-hydrogen) atoms. The molecule has 0 radical (unpaired) electrons. The van der Waals surface area contributed by atoms with Crippen LogP contribution in [-0.2, 0) is 0 Å². The highest BCUT2D eigenvalue weighted by Crippen LogP contribution is 2.29. The Balaban J connectivity index is 2.48. The summed E-state index contributed by atoms with van der Waals surface area (Å²) in [5.74, 6) is 0.647. The van der Waals surface area contributed by atoms with Crippen molar-refractivity contribution < 1.29 is 4.74 Å². The monoisotopic (exact) mass is 258 g/mol. The average molecular weight is 259 g/mol. The summed E-state index contributed by atoms with van der Waals surface area (Å²) in [6, 6.07) is 9.49. The molecule has 0 amide bonds. The Morgan fingerprint density at radius 3 is 2.61 bits per heavy atom. The van der Waals surface area contributed by atoms with Gasteiger partial charge in [0.05, 0.1) is 23.7 Å². The van der Waals surface area contributed by atoms with Gasteiger partial charge < -0.3 is 4.74 Å². The summed E-state index contributed by atoms with van der Waals surface area (Å²) in [6.45, 7) is 2.02. The van der Waals surface area contributed by atoms with Crippen molar-refractivity contribution in [1.82, 2.24) is 9.97 Å².